The van der Waals surface area contributed by atoms with Crippen molar-refractivity contribution >= 4 is 0 Å². The fourth-order valence-electron chi connectivity index (χ4n) is 2.51. The van der Waals surface area contributed by atoms with Gasteiger partial charge >= 0.3 is 0 Å². The molecule has 0 aliphatic carbocycles. The molecule has 122 valence electrons. The van der Waals surface area contributed by atoms with Gasteiger partial charge in [-0.25, -0.2) is 0 Å². The smallest absolute Gasteiger partial charge is 0.190 e. The minimum atomic E-state index is -0.0993. The summed E-state index contributed by atoms with van der Waals surface area (Å²) in [5.41, 5.74) is 3.74. The first-order valence-electron chi connectivity index (χ1n) is 7.64. The molecule has 0 aliphatic rings. The third kappa shape index (κ3) is 3.21. The number of H-pyrrole nitrogens is 1. The lowest BCUT2D eigenvalue weighted by molar-refractivity contribution is 0.398. The van der Waals surface area contributed by atoms with E-state index < -0.39 is 0 Å². The SMILES string of the molecule is COc1c(-c2n[nH]nc2C#N)cc(C(C)(C)C)cc1C(C)(C)C. The van der Waals surface area contributed by atoms with Crippen molar-refractivity contribution in [2.45, 2.75) is 52.4 Å². The number of hydrogen-bond donors (Lipinski definition) is 1. The molecule has 0 saturated carbocycles. The van der Waals surface area contributed by atoms with Gasteiger partial charge in [-0.2, -0.15) is 15.6 Å². The molecular formula is C18H24N4O. The standard InChI is InChI=1S/C18H24N4O/c1-17(2,3)11-8-12(15-14(10-19)20-22-21-15)16(23-7)13(9-11)18(4,5)6/h8-9H,1-7H3,(H,20,21,22). The highest BCUT2D eigenvalue weighted by Crippen LogP contribution is 2.42. The molecule has 1 heterocycles. The molecule has 5 heteroatoms. The van der Waals surface area contributed by atoms with E-state index in [1.165, 1.54) is 5.56 Å². The maximum Gasteiger partial charge on any atom is 0.190 e. The Kier molecular flexibility index (Phi) is 4.21. The monoisotopic (exact) mass is 312 g/mol. The molecule has 1 aromatic carbocycles. The molecule has 0 radical (unpaired) electrons. The van der Waals surface area contributed by atoms with Crippen molar-refractivity contribution in [1.29, 1.82) is 5.26 Å². The quantitative estimate of drug-likeness (QED) is 0.911. The predicted molar refractivity (Wildman–Crippen MR) is 90.5 cm³/mol. The third-order valence-electron chi connectivity index (χ3n) is 3.88. The molecule has 1 N–H and O–H groups in total. The first-order valence-corrected chi connectivity index (χ1v) is 7.64. The zero-order valence-electron chi connectivity index (χ0n) is 14.9. The Morgan fingerprint density at radius 1 is 1.04 bits per heavy atom. The Balaban J connectivity index is 2.87. The summed E-state index contributed by atoms with van der Waals surface area (Å²) in [6, 6.07) is 6.32. The molecule has 5 nitrogen and oxygen atoms in total. The normalized spacial score (nSPS) is 12.1. The molecule has 0 spiro atoms. The van der Waals surface area contributed by atoms with Gasteiger partial charge in [0.2, 0.25) is 0 Å². The highest BCUT2D eigenvalue weighted by molar-refractivity contribution is 5.74. The van der Waals surface area contributed by atoms with Gasteiger partial charge in [-0.3, -0.25) is 0 Å². The number of hydrogen-bond acceptors (Lipinski definition) is 4. The van der Waals surface area contributed by atoms with Crippen LogP contribution in [0, 0.1) is 11.3 Å². The fraction of sp³-hybridized carbons (Fsp3) is 0.500. The van der Waals surface area contributed by atoms with Gasteiger partial charge in [-0.1, -0.05) is 47.6 Å². The van der Waals surface area contributed by atoms with Crippen LogP contribution >= 0.6 is 0 Å². The van der Waals surface area contributed by atoms with Crippen LogP contribution in [0.2, 0.25) is 0 Å². The predicted octanol–water partition coefficient (Wildman–Crippen LogP) is 3.95. The van der Waals surface area contributed by atoms with Gasteiger partial charge in [-0.05, 0) is 22.5 Å². The van der Waals surface area contributed by atoms with Crippen molar-refractivity contribution in [1.82, 2.24) is 15.4 Å². The molecule has 0 bridgehead atoms. The molecule has 0 aliphatic heterocycles. The summed E-state index contributed by atoms with van der Waals surface area (Å²) in [5, 5.41) is 19.9. The number of aromatic amines is 1. The summed E-state index contributed by atoms with van der Waals surface area (Å²) in [6.07, 6.45) is 0. The molecule has 0 saturated heterocycles. The van der Waals surface area contributed by atoms with Crippen molar-refractivity contribution in [3.63, 3.8) is 0 Å². The Morgan fingerprint density at radius 3 is 2.17 bits per heavy atom. The lowest BCUT2D eigenvalue weighted by atomic mass is 9.78. The molecule has 1 aromatic heterocycles. The maximum atomic E-state index is 9.28. The van der Waals surface area contributed by atoms with Crippen LogP contribution < -0.4 is 4.74 Å². The first-order chi connectivity index (χ1) is 10.6. The molecule has 0 amide bonds. The van der Waals surface area contributed by atoms with E-state index in [0.29, 0.717) is 5.69 Å². The van der Waals surface area contributed by atoms with Gasteiger partial charge in [0.25, 0.3) is 0 Å². The number of nitrogens with zero attached hydrogens (tertiary/aromatic N) is 3. The van der Waals surface area contributed by atoms with Crippen LogP contribution in [-0.4, -0.2) is 22.5 Å². The van der Waals surface area contributed by atoms with Gasteiger partial charge < -0.3 is 4.74 Å². The van der Waals surface area contributed by atoms with Gasteiger partial charge in [0.05, 0.1) is 7.11 Å². The largest absolute Gasteiger partial charge is 0.496 e. The van der Waals surface area contributed by atoms with Crippen molar-refractivity contribution in [3.8, 4) is 23.1 Å². The van der Waals surface area contributed by atoms with Crippen LogP contribution in [-0.2, 0) is 10.8 Å². The molecule has 0 atom stereocenters. The van der Waals surface area contributed by atoms with E-state index in [9.17, 15) is 5.26 Å². The van der Waals surface area contributed by atoms with E-state index in [1.807, 2.05) is 6.07 Å². The molecule has 23 heavy (non-hydrogen) atoms. The Hall–Kier alpha value is -2.35. The average Bonchev–Trinajstić information content (AvgIpc) is 2.92. The Labute approximate surface area is 137 Å². The lowest BCUT2D eigenvalue weighted by Crippen LogP contribution is -2.18. The molecule has 2 rings (SSSR count). The number of benzene rings is 1. The molecule has 0 unspecified atom stereocenters. The van der Waals surface area contributed by atoms with E-state index in [-0.39, 0.29) is 16.5 Å². The van der Waals surface area contributed by atoms with Crippen LogP contribution in [0.1, 0.15) is 58.4 Å². The van der Waals surface area contributed by atoms with Gasteiger partial charge in [-0.15, -0.1) is 5.10 Å². The van der Waals surface area contributed by atoms with E-state index in [1.54, 1.807) is 7.11 Å². The number of nitriles is 1. The van der Waals surface area contributed by atoms with Gasteiger partial charge in [0, 0.05) is 11.1 Å². The number of methoxy groups -OCH3 is 1. The zero-order chi connectivity index (χ0) is 17.4. The Bertz CT molecular complexity index is 755. The minimum absolute atomic E-state index is 0.0302. The van der Waals surface area contributed by atoms with Gasteiger partial charge in [0.15, 0.2) is 5.69 Å². The van der Waals surface area contributed by atoms with Crippen LogP contribution in [0.4, 0.5) is 0 Å². The summed E-state index contributed by atoms with van der Waals surface area (Å²) >= 11 is 0. The highest BCUT2D eigenvalue weighted by atomic mass is 16.5. The number of aromatic nitrogens is 3. The molecule has 0 fully saturated rings. The van der Waals surface area contributed by atoms with Crippen LogP contribution in [0.3, 0.4) is 0 Å². The van der Waals surface area contributed by atoms with Crippen LogP contribution in [0.5, 0.6) is 5.75 Å². The summed E-state index contributed by atoms with van der Waals surface area (Å²) in [4.78, 5) is 0. The average molecular weight is 312 g/mol. The summed E-state index contributed by atoms with van der Waals surface area (Å²) in [6.45, 7) is 12.9. The van der Waals surface area contributed by atoms with Crippen LogP contribution in [0.25, 0.3) is 11.3 Å². The van der Waals surface area contributed by atoms with Crippen molar-refractivity contribution in [2.75, 3.05) is 7.11 Å². The third-order valence-corrected chi connectivity index (χ3v) is 3.88. The summed E-state index contributed by atoms with van der Waals surface area (Å²) in [5.74, 6) is 0.746. The van der Waals surface area contributed by atoms with Crippen molar-refractivity contribution in [3.05, 3.63) is 29.0 Å². The molecular weight excluding hydrogens is 288 g/mol. The second kappa shape index (κ2) is 5.69. The van der Waals surface area contributed by atoms with Gasteiger partial charge in [0.1, 0.15) is 17.5 Å². The maximum absolute atomic E-state index is 9.28. The zero-order valence-corrected chi connectivity index (χ0v) is 14.9. The fourth-order valence-corrected chi connectivity index (χ4v) is 2.51. The minimum Gasteiger partial charge on any atom is -0.496 e. The number of nitrogens with one attached hydrogen (secondary N) is 1. The number of rotatable bonds is 2. The highest BCUT2D eigenvalue weighted by Gasteiger charge is 2.28. The van der Waals surface area contributed by atoms with E-state index in [4.69, 9.17) is 4.74 Å². The first kappa shape index (κ1) is 17.0. The second-order valence-electron chi connectivity index (χ2n) is 7.74. The second-order valence-corrected chi connectivity index (χ2v) is 7.74. The van der Waals surface area contributed by atoms with E-state index >= 15 is 0 Å². The van der Waals surface area contributed by atoms with E-state index in [0.717, 1.165) is 16.9 Å². The lowest BCUT2D eigenvalue weighted by Gasteiger charge is -2.28. The topological polar surface area (TPSA) is 74.6 Å². The summed E-state index contributed by atoms with van der Waals surface area (Å²) < 4.78 is 5.70. The Morgan fingerprint density at radius 2 is 1.70 bits per heavy atom. The van der Waals surface area contributed by atoms with E-state index in [2.05, 4.69) is 69.1 Å². The number of ether oxygens (including phenoxy) is 1. The molecule has 2 aromatic rings. The summed E-state index contributed by atoms with van der Waals surface area (Å²) in [7, 11) is 1.65. The van der Waals surface area contributed by atoms with Crippen molar-refractivity contribution < 1.29 is 4.74 Å². The van der Waals surface area contributed by atoms with Crippen LogP contribution in [0.15, 0.2) is 12.1 Å². The van der Waals surface area contributed by atoms with Crippen molar-refractivity contribution in [2.24, 2.45) is 0 Å².